The molecule has 0 unspecified atom stereocenters. The molecule has 0 atom stereocenters. The summed E-state index contributed by atoms with van der Waals surface area (Å²) in [5, 5.41) is 2.18. The zero-order chi connectivity index (χ0) is 13.1. The number of aryl methyl sites for hydroxylation is 1. The zero-order valence-electron chi connectivity index (χ0n) is 10.6. The fourth-order valence-corrected chi connectivity index (χ4v) is 3.41. The third-order valence-corrected chi connectivity index (χ3v) is 4.52. The fourth-order valence-electron chi connectivity index (χ4n) is 2.21. The van der Waals surface area contributed by atoms with Gasteiger partial charge in [0.1, 0.15) is 0 Å². The molecule has 1 heterocycles. The van der Waals surface area contributed by atoms with Gasteiger partial charge in [0, 0.05) is 25.8 Å². The number of para-hydroxylation sites is 1. The van der Waals surface area contributed by atoms with Crippen LogP contribution in [0, 0.1) is 6.92 Å². The summed E-state index contributed by atoms with van der Waals surface area (Å²) in [5.41, 5.74) is 10.9. The number of rotatable bonds is 4. The molecule has 2 aromatic rings. The molecular weight excluding hydrogens is 308 g/mol. The minimum Gasteiger partial charge on any atom is -0.370 e. The number of hydrogen-bond acceptors (Lipinski definition) is 3. The van der Waals surface area contributed by atoms with E-state index < -0.39 is 0 Å². The van der Waals surface area contributed by atoms with Crippen molar-refractivity contribution in [2.24, 2.45) is 5.73 Å². The van der Waals surface area contributed by atoms with Crippen molar-refractivity contribution < 1.29 is 0 Å². The molecule has 2 nitrogen and oxygen atoms in total. The second kappa shape index (κ2) is 5.87. The summed E-state index contributed by atoms with van der Waals surface area (Å²) in [7, 11) is 2.12. The molecule has 2 rings (SSSR count). The highest BCUT2D eigenvalue weighted by Gasteiger charge is 2.10. The molecule has 18 heavy (non-hydrogen) atoms. The van der Waals surface area contributed by atoms with Crippen LogP contribution < -0.4 is 10.6 Å². The van der Waals surface area contributed by atoms with Crippen molar-refractivity contribution in [3.8, 4) is 0 Å². The van der Waals surface area contributed by atoms with Gasteiger partial charge in [-0.2, -0.15) is 0 Å². The van der Waals surface area contributed by atoms with Crippen LogP contribution in [-0.4, -0.2) is 7.05 Å². The summed E-state index contributed by atoms with van der Waals surface area (Å²) in [6.07, 6.45) is 0. The zero-order valence-corrected chi connectivity index (χ0v) is 13.0. The van der Waals surface area contributed by atoms with Crippen molar-refractivity contribution >= 4 is 33.0 Å². The van der Waals surface area contributed by atoms with E-state index in [1.165, 1.54) is 26.2 Å². The van der Waals surface area contributed by atoms with Crippen LogP contribution in [0.25, 0.3) is 0 Å². The van der Waals surface area contributed by atoms with Crippen LogP contribution in [0.3, 0.4) is 0 Å². The summed E-state index contributed by atoms with van der Waals surface area (Å²) < 4.78 is 1.18. The molecule has 1 aromatic heterocycles. The van der Waals surface area contributed by atoms with Crippen LogP contribution in [0.1, 0.15) is 16.7 Å². The predicted octanol–water partition coefficient (Wildman–Crippen LogP) is 3.91. The molecule has 4 heteroatoms. The Morgan fingerprint density at radius 3 is 2.78 bits per heavy atom. The molecule has 0 aliphatic rings. The molecule has 0 amide bonds. The van der Waals surface area contributed by atoms with Gasteiger partial charge >= 0.3 is 0 Å². The number of thiophene rings is 1. The van der Waals surface area contributed by atoms with Crippen LogP contribution in [0.15, 0.2) is 33.4 Å². The van der Waals surface area contributed by atoms with Gasteiger partial charge in [-0.15, -0.1) is 11.3 Å². The topological polar surface area (TPSA) is 29.3 Å². The number of nitrogens with zero attached hydrogens (tertiary/aromatic N) is 1. The van der Waals surface area contributed by atoms with Gasteiger partial charge in [-0.3, -0.25) is 0 Å². The molecule has 0 radical (unpaired) electrons. The van der Waals surface area contributed by atoms with Crippen LogP contribution in [0.2, 0.25) is 0 Å². The minimum absolute atomic E-state index is 0.578. The average molecular weight is 325 g/mol. The van der Waals surface area contributed by atoms with Crippen LogP contribution in [-0.2, 0) is 13.1 Å². The maximum Gasteiger partial charge on any atom is 0.0701 e. The smallest absolute Gasteiger partial charge is 0.0701 e. The molecule has 0 saturated carbocycles. The van der Waals surface area contributed by atoms with Crippen LogP contribution in [0.5, 0.6) is 0 Å². The number of halogens is 1. The van der Waals surface area contributed by atoms with E-state index in [1.807, 2.05) is 0 Å². The van der Waals surface area contributed by atoms with Gasteiger partial charge in [0.05, 0.1) is 3.79 Å². The first-order valence-corrected chi connectivity index (χ1v) is 7.51. The van der Waals surface area contributed by atoms with E-state index in [9.17, 15) is 0 Å². The van der Waals surface area contributed by atoms with Gasteiger partial charge in [0.25, 0.3) is 0 Å². The standard InChI is InChI=1S/C14H17BrN2S/c1-10-4-3-5-12(7-16)14(10)17(2)8-11-6-13(15)18-9-11/h3-6,9H,7-8,16H2,1-2H3. The Balaban J connectivity index is 2.25. The molecule has 0 fully saturated rings. The Hall–Kier alpha value is -0.840. The highest BCUT2D eigenvalue weighted by Crippen LogP contribution is 2.27. The first-order valence-electron chi connectivity index (χ1n) is 5.84. The molecule has 0 bridgehead atoms. The molecule has 0 saturated heterocycles. The number of benzene rings is 1. The van der Waals surface area contributed by atoms with Crippen LogP contribution >= 0.6 is 27.3 Å². The highest BCUT2D eigenvalue weighted by atomic mass is 79.9. The molecule has 2 N–H and O–H groups in total. The van der Waals surface area contributed by atoms with E-state index in [0.29, 0.717) is 6.54 Å². The van der Waals surface area contributed by atoms with Gasteiger partial charge in [-0.1, -0.05) is 18.2 Å². The lowest BCUT2D eigenvalue weighted by Crippen LogP contribution is -2.19. The largest absolute Gasteiger partial charge is 0.370 e. The van der Waals surface area contributed by atoms with E-state index in [0.717, 1.165) is 6.54 Å². The van der Waals surface area contributed by atoms with E-state index in [1.54, 1.807) is 11.3 Å². The summed E-state index contributed by atoms with van der Waals surface area (Å²) in [5.74, 6) is 0. The highest BCUT2D eigenvalue weighted by molar-refractivity contribution is 9.11. The lowest BCUT2D eigenvalue weighted by Gasteiger charge is -2.24. The monoisotopic (exact) mass is 324 g/mol. The Morgan fingerprint density at radius 1 is 1.39 bits per heavy atom. The van der Waals surface area contributed by atoms with Gasteiger partial charge < -0.3 is 10.6 Å². The predicted molar refractivity (Wildman–Crippen MR) is 83.2 cm³/mol. The van der Waals surface area contributed by atoms with Crippen molar-refractivity contribution in [2.45, 2.75) is 20.0 Å². The van der Waals surface area contributed by atoms with Gasteiger partial charge in [0.15, 0.2) is 0 Å². The lowest BCUT2D eigenvalue weighted by molar-refractivity contribution is 0.901. The molecule has 0 aliphatic heterocycles. The molecular formula is C14H17BrN2S. The van der Waals surface area contributed by atoms with Crippen molar-refractivity contribution in [2.75, 3.05) is 11.9 Å². The Morgan fingerprint density at radius 2 is 2.17 bits per heavy atom. The normalized spacial score (nSPS) is 10.7. The maximum atomic E-state index is 5.82. The fraction of sp³-hybridized carbons (Fsp3) is 0.286. The van der Waals surface area contributed by atoms with Crippen molar-refractivity contribution in [1.29, 1.82) is 0 Å². The number of hydrogen-bond donors (Lipinski definition) is 1. The average Bonchev–Trinajstić information content (AvgIpc) is 2.74. The quantitative estimate of drug-likeness (QED) is 0.923. The third kappa shape index (κ3) is 2.94. The van der Waals surface area contributed by atoms with E-state index in [4.69, 9.17) is 5.73 Å². The van der Waals surface area contributed by atoms with Crippen LogP contribution in [0.4, 0.5) is 5.69 Å². The van der Waals surface area contributed by atoms with Gasteiger partial charge in [-0.25, -0.2) is 0 Å². The minimum atomic E-state index is 0.578. The Labute approximate surface area is 121 Å². The van der Waals surface area contributed by atoms with Crippen molar-refractivity contribution in [1.82, 2.24) is 0 Å². The second-order valence-corrected chi connectivity index (χ2v) is 6.69. The summed E-state index contributed by atoms with van der Waals surface area (Å²) >= 11 is 5.22. The summed E-state index contributed by atoms with van der Waals surface area (Å²) in [6.45, 7) is 3.61. The van der Waals surface area contributed by atoms with Gasteiger partial charge in [0.2, 0.25) is 0 Å². The number of anilines is 1. The molecule has 1 aromatic carbocycles. The molecule has 0 aliphatic carbocycles. The number of nitrogens with two attached hydrogens (primary N) is 1. The first-order chi connectivity index (χ1) is 8.61. The third-order valence-electron chi connectivity index (χ3n) is 2.96. The molecule has 0 spiro atoms. The van der Waals surface area contributed by atoms with E-state index in [2.05, 4.69) is 64.4 Å². The van der Waals surface area contributed by atoms with E-state index >= 15 is 0 Å². The maximum absolute atomic E-state index is 5.82. The summed E-state index contributed by atoms with van der Waals surface area (Å²) in [4.78, 5) is 2.27. The lowest BCUT2D eigenvalue weighted by atomic mass is 10.1. The van der Waals surface area contributed by atoms with E-state index in [-0.39, 0.29) is 0 Å². The van der Waals surface area contributed by atoms with Crippen molar-refractivity contribution in [3.63, 3.8) is 0 Å². The Kier molecular flexibility index (Phi) is 4.43. The SMILES string of the molecule is Cc1cccc(CN)c1N(C)Cc1csc(Br)c1. The second-order valence-electron chi connectivity index (χ2n) is 4.40. The van der Waals surface area contributed by atoms with Gasteiger partial charge in [-0.05, 0) is 51.0 Å². The first kappa shape index (κ1) is 13.6. The van der Waals surface area contributed by atoms with Crippen molar-refractivity contribution in [3.05, 3.63) is 50.1 Å². The molecule has 96 valence electrons. The Bertz CT molecular complexity index is 536. The summed E-state index contributed by atoms with van der Waals surface area (Å²) in [6, 6.07) is 8.47.